The zero-order valence-corrected chi connectivity index (χ0v) is 17.4. The Bertz CT molecular complexity index is 778. The SMILES string of the molecule is CCN1CCN(C(=O)CCNC(=O)C(Cc2ccco2)c2ccc(C)cc2)CC1. The van der Waals surface area contributed by atoms with E-state index in [4.69, 9.17) is 4.42 Å². The normalized spacial score (nSPS) is 15.9. The minimum absolute atomic E-state index is 0.0751. The zero-order valence-electron chi connectivity index (χ0n) is 17.4. The minimum Gasteiger partial charge on any atom is -0.469 e. The number of amides is 2. The summed E-state index contributed by atoms with van der Waals surface area (Å²) in [6, 6.07) is 11.7. The summed E-state index contributed by atoms with van der Waals surface area (Å²) in [5, 5.41) is 2.96. The van der Waals surface area contributed by atoms with Gasteiger partial charge in [0.2, 0.25) is 11.8 Å². The number of nitrogens with zero attached hydrogens (tertiary/aromatic N) is 2. The van der Waals surface area contributed by atoms with Crippen LogP contribution in [0, 0.1) is 6.92 Å². The van der Waals surface area contributed by atoms with Gasteiger partial charge in [-0.15, -0.1) is 0 Å². The van der Waals surface area contributed by atoms with E-state index in [1.165, 1.54) is 0 Å². The molecule has 1 aromatic heterocycles. The molecular weight excluding hydrogens is 366 g/mol. The lowest BCUT2D eigenvalue weighted by atomic mass is 9.93. The fraction of sp³-hybridized carbons (Fsp3) is 0.478. The molecule has 29 heavy (non-hydrogen) atoms. The van der Waals surface area contributed by atoms with Gasteiger partial charge < -0.3 is 19.5 Å². The van der Waals surface area contributed by atoms with E-state index in [2.05, 4.69) is 17.1 Å². The largest absolute Gasteiger partial charge is 0.469 e. The summed E-state index contributed by atoms with van der Waals surface area (Å²) in [5.41, 5.74) is 2.10. The second kappa shape index (κ2) is 10.3. The standard InChI is InChI=1S/C23H31N3O3/c1-3-25-12-14-26(15-13-25)22(27)10-11-24-23(28)21(17-20-5-4-16-29-20)19-8-6-18(2)7-9-19/h4-9,16,21H,3,10-15,17H2,1-2H3,(H,24,28). The van der Waals surface area contributed by atoms with Gasteiger partial charge in [0.05, 0.1) is 12.2 Å². The van der Waals surface area contributed by atoms with Gasteiger partial charge in [0, 0.05) is 45.6 Å². The maximum atomic E-state index is 12.9. The molecule has 6 heteroatoms. The summed E-state index contributed by atoms with van der Waals surface area (Å²) in [4.78, 5) is 29.6. The third-order valence-electron chi connectivity index (χ3n) is 5.59. The number of carbonyl (C=O) groups is 2. The quantitative estimate of drug-likeness (QED) is 0.744. The second-order valence-corrected chi connectivity index (χ2v) is 7.60. The highest BCUT2D eigenvalue weighted by atomic mass is 16.3. The minimum atomic E-state index is -0.343. The number of nitrogens with one attached hydrogen (secondary N) is 1. The maximum Gasteiger partial charge on any atom is 0.228 e. The Morgan fingerprint density at radius 2 is 1.83 bits per heavy atom. The van der Waals surface area contributed by atoms with Crippen LogP contribution < -0.4 is 5.32 Å². The predicted molar refractivity (Wildman–Crippen MR) is 113 cm³/mol. The van der Waals surface area contributed by atoms with Crippen molar-refractivity contribution in [3.05, 3.63) is 59.5 Å². The van der Waals surface area contributed by atoms with Gasteiger partial charge in [-0.2, -0.15) is 0 Å². The first-order valence-electron chi connectivity index (χ1n) is 10.4. The number of benzene rings is 1. The topological polar surface area (TPSA) is 65.8 Å². The number of aryl methyl sites for hydroxylation is 1. The Balaban J connectivity index is 1.54. The Hall–Kier alpha value is -2.60. The lowest BCUT2D eigenvalue weighted by Gasteiger charge is -2.34. The predicted octanol–water partition coefficient (Wildman–Crippen LogP) is 2.58. The number of piperazine rings is 1. The highest BCUT2D eigenvalue weighted by Crippen LogP contribution is 2.22. The zero-order chi connectivity index (χ0) is 20.6. The van der Waals surface area contributed by atoms with Crippen molar-refractivity contribution in [1.82, 2.24) is 15.1 Å². The molecule has 6 nitrogen and oxygen atoms in total. The molecule has 0 saturated carbocycles. The highest BCUT2D eigenvalue weighted by Gasteiger charge is 2.23. The fourth-order valence-electron chi connectivity index (χ4n) is 3.68. The summed E-state index contributed by atoms with van der Waals surface area (Å²) in [7, 11) is 0. The van der Waals surface area contributed by atoms with Crippen LogP contribution in [0.4, 0.5) is 0 Å². The maximum absolute atomic E-state index is 12.9. The Morgan fingerprint density at radius 1 is 1.10 bits per heavy atom. The Kier molecular flexibility index (Phi) is 7.47. The molecule has 0 aliphatic carbocycles. The Labute approximate surface area is 172 Å². The highest BCUT2D eigenvalue weighted by molar-refractivity contribution is 5.84. The smallest absolute Gasteiger partial charge is 0.228 e. The lowest BCUT2D eigenvalue weighted by Crippen LogP contribution is -2.49. The summed E-state index contributed by atoms with van der Waals surface area (Å²) in [5.74, 6) is 0.466. The van der Waals surface area contributed by atoms with E-state index in [0.717, 1.165) is 49.6 Å². The van der Waals surface area contributed by atoms with Gasteiger partial charge >= 0.3 is 0 Å². The van der Waals surface area contributed by atoms with E-state index in [9.17, 15) is 9.59 Å². The molecule has 2 amide bonds. The number of hydrogen-bond acceptors (Lipinski definition) is 4. The van der Waals surface area contributed by atoms with E-state index in [1.807, 2.05) is 48.2 Å². The van der Waals surface area contributed by atoms with E-state index in [1.54, 1.807) is 6.26 Å². The lowest BCUT2D eigenvalue weighted by molar-refractivity contribution is -0.133. The third-order valence-corrected chi connectivity index (χ3v) is 5.59. The van der Waals surface area contributed by atoms with Crippen LogP contribution in [0.1, 0.15) is 36.1 Å². The molecular formula is C23H31N3O3. The summed E-state index contributed by atoms with van der Waals surface area (Å²) < 4.78 is 5.45. The van der Waals surface area contributed by atoms with E-state index in [0.29, 0.717) is 19.4 Å². The summed E-state index contributed by atoms with van der Waals surface area (Å²) in [6.07, 6.45) is 2.45. The van der Waals surface area contributed by atoms with Crippen molar-refractivity contribution < 1.29 is 14.0 Å². The first-order chi connectivity index (χ1) is 14.1. The van der Waals surface area contributed by atoms with Crippen molar-refractivity contribution in [1.29, 1.82) is 0 Å². The monoisotopic (exact) mass is 397 g/mol. The fourth-order valence-corrected chi connectivity index (χ4v) is 3.68. The molecule has 0 bridgehead atoms. The molecule has 1 fully saturated rings. The van der Waals surface area contributed by atoms with Crippen molar-refractivity contribution in [3.63, 3.8) is 0 Å². The van der Waals surface area contributed by atoms with Gasteiger partial charge in [0.25, 0.3) is 0 Å². The van der Waals surface area contributed by atoms with Crippen molar-refractivity contribution in [3.8, 4) is 0 Å². The van der Waals surface area contributed by atoms with Crippen molar-refractivity contribution in [2.75, 3.05) is 39.3 Å². The van der Waals surface area contributed by atoms with Crippen molar-refractivity contribution in [2.24, 2.45) is 0 Å². The first-order valence-corrected chi connectivity index (χ1v) is 10.4. The number of furan rings is 1. The molecule has 1 unspecified atom stereocenters. The van der Waals surface area contributed by atoms with E-state index < -0.39 is 0 Å². The van der Waals surface area contributed by atoms with Crippen molar-refractivity contribution in [2.45, 2.75) is 32.6 Å². The first kappa shape index (κ1) is 21.1. The molecule has 2 heterocycles. The summed E-state index contributed by atoms with van der Waals surface area (Å²) in [6.45, 7) is 8.93. The molecule has 1 saturated heterocycles. The van der Waals surface area contributed by atoms with Crippen LogP contribution in [0.15, 0.2) is 47.1 Å². The van der Waals surface area contributed by atoms with Crippen LogP contribution in [0.2, 0.25) is 0 Å². The molecule has 1 aliphatic rings. The van der Waals surface area contributed by atoms with Gasteiger partial charge in [0.15, 0.2) is 0 Å². The van der Waals surface area contributed by atoms with E-state index >= 15 is 0 Å². The van der Waals surface area contributed by atoms with Gasteiger partial charge in [-0.1, -0.05) is 36.8 Å². The summed E-state index contributed by atoms with van der Waals surface area (Å²) >= 11 is 0. The number of hydrogen-bond donors (Lipinski definition) is 1. The van der Waals surface area contributed by atoms with Crippen molar-refractivity contribution >= 4 is 11.8 Å². The third kappa shape index (κ3) is 5.94. The molecule has 1 N–H and O–H groups in total. The number of rotatable bonds is 8. The van der Waals surface area contributed by atoms with Crippen LogP contribution in [0.3, 0.4) is 0 Å². The molecule has 156 valence electrons. The number of carbonyl (C=O) groups excluding carboxylic acids is 2. The molecule has 0 radical (unpaired) electrons. The van der Waals surface area contributed by atoms with Gasteiger partial charge in [-0.05, 0) is 31.2 Å². The average Bonchev–Trinajstić information content (AvgIpc) is 3.26. The molecule has 1 atom stereocenters. The van der Waals surface area contributed by atoms with Crippen LogP contribution in [0.5, 0.6) is 0 Å². The number of likely N-dealkylation sites (N-methyl/N-ethyl adjacent to an activating group) is 1. The van der Waals surface area contributed by atoms with Gasteiger partial charge in [0.1, 0.15) is 5.76 Å². The van der Waals surface area contributed by atoms with Gasteiger partial charge in [-0.3, -0.25) is 9.59 Å². The molecule has 1 aliphatic heterocycles. The molecule has 3 rings (SSSR count). The van der Waals surface area contributed by atoms with Gasteiger partial charge in [-0.25, -0.2) is 0 Å². The van der Waals surface area contributed by atoms with Crippen LogP contribution in [0.25, 0.3) is 0 Å². The molecule has 2 aromatic rings. The Morgan fingerprint density at radius 3 is 2.45 bits per heavy atom. The van der Waals surface area contributed by atoms with E-state index in [-0.39, 0.29) is 17.7 Å². The van der Waals surface area contributed by atoms with Crippen LogP contribution in [-0.2, 0) is 16.0 Å². The van der Waals surface area contributed by atoms with Crippen LogP contribution in [-0.4, -0.2) is 60.9 Å². The second-order valence-electron chi connectivity index (χ2n) is 7.60. The molecule has 0 spiro atoms. The molecule has 1 aromatic carbocycles. The van der Waals surface area contributed by atoms with Crippen LogP contribution >= 0.6 is 0 Å². The average molecular weight is 398 g/mol.